The van der Waals surface area contributed by atoms with E-state index in [1.165, 1.54) is 12.1 Å². The number of amides is 1. The number of hydrogen-bond donors (Lipinski definition) is 1. The molecule has 0 saturated carbocycles. The van der Waals surface area contributed by atoms with Crippen molar-refractivity contribution in [1.82, 2.24) is 4.90 Å². The number of hydrogen-bond acceptors (Lipinski definition) is 3. The molecular formula is C15H14ClNO3. The molecule has 0 aliphatic carbocycles. The Balaban J connectivity index is 1.74. The Morgan fingerprint density at radius 3 is 2.95 bits per heavy atom. The molecule has 1 amide bonds. The van der Waals surface area contributed by atoms with E-state index in [4.69, 9.17) is 16.0 Å². The summed E-state index contributed by atoms with van der Waals surface area (Å²) in [6, 6.07) is 8.33. The third-order valence-corrected chi connectivity index (χ3v) is 3.92. The zero-order valence-corrected chi connectivity index (χ0v) is 11.5. The van der Waals surface area contributed by atoms with Crippen LogP contribution in [0.1, 0.15) is 28.5 Å². The van der Waals surface area contributed by atoms with Crippen LogP contribution in [-0.2, 0) is 0 Å². The number of carbonyl (C=O) groups is 1. The van der Waals surface area contributed by atoms with Gasteiger partial charge in [0.1, 0.15) is 11.5 Å². The van der Waals surface area contributed by atoms with Crippen LogP contribution in [0.5, 0.6) is 5.75 Å². The number of likely N-dealkylation sites (tertiary alicyclic amines) is 1. The zero-order valence-electron chi connectivity index (χ0n) is 10.8. The molecule has 0 bridgehead atoms. The molecule has 3 rings (SSSR count). The minimum Gasteiger partial charge on any atom is -0.506 e. The van der Waals surface area contributed by atoms with Crippen molar-refractivity contribution in [3.63, 3.8) is 0 Å². The van der Waals surface area contributed by atoms with Crippen molar-refractivity contribution in [3.05, 3.63) is 52.9 Å². The molecule has 0 radical (unpaired) electrons. The van der Waals surface area contributed by atoms with Gasteiger partial charge in [-0.05, 0) is 36.8 Å². The first-order chi connectivity index (χ1) is 9.65. The van der Waals surface area contributed by atoms with Gasteiger partial charge in [-0.15, -0.1) is 0 Å². The molecule has 1 atom stereocenters. The summed E-state index contributed by atoms with van der Waals surface area (Å²) < 4.78 is 5.39. The van der Waals surface area contributed by atoms with Crippen molar-refractivity contribution in [2.24, 2.45) is 0 Å². The highest BCUT2D eigenvalue weighted by Gasteiger charge is 2.29. The number of halogens is 1. The summed E-state index contributed by atoms with van der Waals surface area (Å²) in [4.78, 5) is 14.2. The number of phenolic OH excluding ortho intramolecular Hbond substituents is 1. The van der Waals surface area contributed by atoms with Gasteiger partial charge in [0.2, 0.25) is 0 Å². The first-order valence-corrected chi connectivity index (χ1v) is 6.84. The minimum absolute atomic E-state index is 0.0156. The van der Waals surface area contributed by atoms with Gasteiger partial charge in [0.15, 0.2) is 0 Å². The summed E-state index contributed by atoms with van der Waals surface area (Å²) in [6.45, 7) is 1.34. The Hall–Kier alpha value is -1.94. The van der Waals surface area contributed by atoms with Crippen LogP contribution in [0.2, 0.25) is 5.02 Å². The molecule has 1 aromatic heterocycles. The Morgan fingerprint density at radius 2 is 2.25 bits per heavy atom. The highest BCUT2D eigenvalue weighted by atomic mass is 35.5. The maximum Gasteiger partial charge on any atom is 0.253 e. The second-order valence-corrected chi connectivity index (χ2v) is 5.33. The molecule has 104 valence electrons. The van der Waals surface area contributed by atoms with Gasteiger partial charge >= 0.3 is 0 Å². The first kappa shape index (κ1) is 13.1. The quantitative estimate of drug-likeness (QED) is 0.924. The molecule has 2 aromatic rings. The highest BCUT2D eigenvalue weighted by molar-refractivity contribution is 6.32. The van der Waals surface area contributed by atoms with Crippen molar-refractivity contribution in [2.45, 2.75) is 12.3 Å². The van der Waals surface area contributed by atoms with E-state index < -0.39 is 0 Å². The molecule has 1 saturated heterocycles. The Bertz CT molecular complexity index is 624. The van der Waals surface area contributed by atoms with Crippen LogP contribution in [0.25, 0.3) is 0 Å². The lowest BCUT2D eigenvalue weighted by Gasteiger charge is -2.16. The molecule has 1 N–H and O–H groups in total. The molecule has 1 unspecified atom stereocenters. The lowest BCUT2D eigenvalue weighted by molar-refractivity contribution is 0.0790. The molecule has 1 aliphatic heterocycles. The lowest BCUT2D eigenvalue weighted by Crippen LogP contribution is -2.28. The number of furan rings is 1. The van der Waals surface area contributed by atoms with Crippen LogP contribution in [0.3, 0.4) is 0 Å². The van der Waals surface area contributed by atoms with Gasteiger partial charge in [-0.3, -0.25) is 4.79 Å². The smallest absolute Gasteiger partial charge is 0.253 e. The van der Waals surface area contributed by atoms with E-state index in [0.29, 0.717) is 18.7 Å². The maximum absolute atomic E-state index is 12.4. The van der Waals surface area contributed by atoms with Gasteiger partial charge < -0.3 is 14.4 Å². The molecular weight excluding hydrogens is 278 g/mol. The average Bonchev–Trinajstić information content (AvgIpc) is 3.11. The fourth-order valence-electron chi connectivity index (χ4n) is 2.52. The topological polar surface area (TPSA) is 53.7 Å². The van der Waals surface area contributed by atoms with Crippen molar-refractivity contribution >= 4 is 17.5 Å². The van der Waals surface area contributed by atoms with Gasteiger partial charge in [-0.1, -0.05) is 11.6 Å². The number of nitrogens with zero attached hydrogens (tertiary/aromatic N) is 1. The minimum atomic E-state index is -0.0686. The van der Waals surface area contributed by atoms with E-state index in [9.17, 15) is 9.90 Å². The van der Waals surface area contributed by atoms with E-state index in [0.717, 1.165) is 12.2 Å². The molecule has 4 nitrogen and oxygen atoms in total. The van der Waals surface area contributed by atoms with Crippen molar-refractivity contribution < 1.29 is 14.3 Å². The number of aromatic hydroxyl groups is 1. The fraction of sp³-hybridized carbons (Fsp3) is 0.267. The van der Waals surface area contributed by atoms with Crippen molar-refractivity contribution in [3.8, 4) is 5.75 Å². The first-order valence-electron chi connectivity index (χ1n) is 6.46. The van der Waals surface area contributed by atoms with E-state index in [-0.39, 0.29) is 22.6 Å². The van der Waals surface area contributed by atoms with Crippen LogP contribution in [-0.4, -0.2) is 29.0 Å². The average molecular weight is 292 g/mol. The molecule has 20 heavy (non-hydrogen) atoms. The number of phenols is 1. The summed E-state index contributed by atoms with van der Waals surface area (Å²) in [6.07, 6.45) is 2.55. The Labute approximate surface area is 121 Å². The molecule has 1 aliphatic rings. The van der Waals surface area contributed by atoms with Gasteiger partial charge in [0, 0.05) is 24.6 Å². The predicted octanol–water partition coefficient (Wildman–Crippen LogP) is 3.27. The van der Waals surface area contributed by atoms with Crippen LogP contribution in [0, 0.1) is 0 Å². The predicted molar refractivity (Wildman–Crippen MR) is 75.1 cm³/mol. The van der Waals surface area contributed by atoms with Crippen molar-refractivity contribution in [2.75, 3.05) is 13.1 Å². The van der Waals surface area contributed by atoms with Crippen molar-refractivity contribution in [1.29, 1.82) is 0 Å². The van der Waals surface area contributed by atoms with Crippen LogP contribution in [0.15, 0.2) is 41.0 Å². The third kappa shape index (κ3) is 2.39. The third-order valence-electron chi connectivity index (χ3n) is 3.62. The maximum atomic E-state index is 12.4. The standard InChI is InChI=1S/C15H14ClNO3/c16-12-8-10(3-4-13(12)18)15(19)17-6-5-11(9-17)14-2-1-7-20-14/h1-4,7-8,11,18H,5-6,9H2. The molecule has 1 fully saturated rings. The van der Waals surface area contributed by atoms with E-state index in [2.05, 4.69) is 0 Å². The Kier molecular flexibility index (Phi) is 3.40. The summed E-state index contributed by atoms with van der Waals surface area (Å²) >= 11 is 5.84. The summed E-state index contributed by atoms with van der Waals surface area (Å²) in [5.41, 5.74) is 0.493. The van der Waals surface area contributed by atoms with Gasteiger partial charge in [0.05, 0.1) is 11.3 Å². The molecule has 1 aromatic carbocycles. The fourth-order valence-corrected chi connectivity index (χ4v) is 2.70. The van der Waals surface area contributed by atoms with Gasteiger partial charge in [-0.2, -0.15) is 0 Å². The van der Waals surface area contributed by atoms with E-state index in [1.807, 2.05) is 12.1 Å². The Morgan fingerprint density at radius 1 is 1.40 bits per heavy atom. The summed E-state index contributed by atoms with van der Waals surface area (Å²) in [5.74, 6) is 1.09. The molecule has 0 spiro atoms. The van der Waals surface area contributed by atoms with E-state index in [1.54, 1.807) is 17.2 Å². The number of benzene rings is 1. The SMILES string of the molecule is O=C(c1ccc(O)c(Cl)c1)N1CCC(c2ccco2)C1. The van der Waals surface area contributed by atoms with Crippen LogP contribution in [0.4, 0.5) is 0 Å². The second kappa shape index (κ2) is 5.21. The molecule has 2 heterocycles. The van der Waals surface area contributed by atoms with Gasteiger partial charge in [0.25, 0.3) is 5.91 Å². The monoisotopic (exact) mass is 291 g/mol. The van der Waals surface area contributed by atoms with Crippen LogP contribution >= 0.6 is 11.6 Å². The zero-order chi connectivity index (χ0) is 14.1. The second-order valence-electron chi connectivity index (χ2n) is 4.92. The molecule has 5 heteroatoms. The normalized spacial score (nSPS) is 18.4. The highest BCUT2D eigenvalue weighted by Crippen LogP contribution is 2.29. The lowest BCUT2D eigenvalue weighted by atomic mass is 10.1. The number of rotatable bonds is 2. The van der Waals surface area contributed by atoms with Crippen LogP contribution < -0.4 is 0 Å². The number of carbonyl (C=O) groups excluding carboxylic acids is 1. The summed E-state index contributed by atoms with van der Waals surface area (Å²) in [7, 11) is 0. The van der Waals surface area contributed by atoms with E-state index >= 15 is 0 Å². The van der Waals surface area contributed by atoms with Gasteiger partial charge in [-0.25, -0.2) is 0 Å². The largest absolute Gasteiger partial charge is 0.506 e. The summed E-state index contributed by atoms with van der Waals surface area (Å²) in [5, 5.41) is 9.58.